The third-order valence-electron chi connectivity index (χ3n) is 4.79. The van der Waals surface area contributed by atoms with Gasteiger partial charge in [-0.3, -0.25) is 0 Å². The van der Waals surface area contributed by atoms with Gasteiger partial charge in [0, 0.05) is 37.2 Å². The molecule has 0 N–H and O–H groups in total. The predicted octanol–water partition coefficient (Wildman–Crippen LogP) is 6.98. The summed E-state index contributed by atoms with van der Waals surface area (Å²) in [6.45, 7) is 1.79. The average molecular weight is 395 g/mol. The Morgan fingerprint density at radius 3 is 1.46 bits per heavy atom. The Bertz CT molecular complexity index is 536. The van der Waals surface area contributed by atoms with E-state index in [0.29, 0.717) is 0 Å². The number of rotatable bonds is 15. The minimum atomic E-state index is 0.897. The van der Waals surface area contributed by atoms with Gasteiger partial charge in [0.1, 0.15) is 0 Å². The van der Waals surface area contributed by atoms with Crippen molar-refractivity contribution in [2.75, 3.05) is 27.4 Å². The maximum Gasteiger partial charge on any atom is 0.0477 e. The Hall–Kier alpha value is -0.680. The zero-order valence-electron chi connectivity index (χ0n) is 16.4. The molecule has 0 aliphatic heterocycles. The largest absolute Gasteiger partial charge is 0.385 e. The van der Waals surface area contributed by atoms with Gasteiger partial charge in [0.2, 0.25) is 0 Å². The van der Waals surface area contributed by atoms with Crippen LogP contribution in [0.2, 0.25) is 0 Å². The molecule has 4 heteroatoms. The van der Waals surface area contributed by atoms with Crippen molar-refractivity contribution in [3.05, 3.63) is 34.0 Å². The van der Waals surface area contributed by atoms with Gasteiger partial charge < -0.3 is 9.47 Å². The number of hydrogen-bond acceptors (Lipinski definition) is 4. The van der Waals surface area contributed by atoms with Gasteiger partial charge in [-0.25, -0.2) is 0 Å². The first kappa shape index (κ1) is 21.6. The Kier molecular flexibility index (Phi) is 11.2. The maximum atomic E-state index is 5.13. The molecule has 0 atom stereocenters. The molecule has 0 aliphatic carbocycles. The molecule has 26 heavy (non-hydrogen) atoms. The van der Waals surface area contributed by atoms with Crippen LogP contribution in [0.5, 0.6) is 0 Å². The lowest BCUT2D eigenvalue weighted by Crippen LogP contribution is -1.92. The molecule has 2 aromatic heterocycles. The molecule has 146 valence electrons. The van der Waals surface area contributed by atoms with Crippen molar-refractivity contribution in [1.29, 1.82) is 0 Å². The van der Waals surface area contributed by atoms with Crippen LogP contribution in [0.15, 0.2) is 22.9 Å². The lowest BCUT2D eigenvalue weighted by molar-refractivity contribution is 0.192. The zero-order chi connectivity index (χ0) is 18.5. The SMILES string of the molecule is COCCCCCCc1ccsc1-c1sccc1CCCCCCOC. The van der Waals surface area contributed by atoms with E-state index in [1.807, 2.05) is 22.7 Å². The molecule has 0 spiro atoms. The summed E-state index contributed by atoms with van der Waals surface area (Å²) in [5.41, 5.74) is 3.09. The zero-order valence-corrected chi connectivity index (χ0v) is 18.1. The summed E-state index contributed by atoms with van der Waals surface area (Å²) in [6, 6.07) is 4.67. The number of unbranched alkanes of at least 4 members (excludes halogenated alkanes) is 6. The van der Waals surface area contributed by atoms with Crippen LogP contribution >= 0.6 is 22.7 Å². The highest BCUT2D eigenvalue weighted by molar-refractivity contribution is 7.20. The van der Waals surface area contributed by atoms with Crippen molar-refractivity contribution in [2.45, 2.75) is 64.2 Å². The van der Waals surface area contributed by atoms with Gasteiger partial charge in [-0.2, -0.15) is 0 Å². The van der Waals surface area contributed by atoms with Crippen molar-refractivity contribution < 1.29 is 9.47 Å². The van der Waals surface area contributed by atoms with Crippen LogP contribution in [-0.2, 0) is 22.3 Å². The summed E-state index contributed by atoms with van der Waals surface area (Å²) in [5, 5.41) is 4.54. The van der Waals surface area contributed by atoms with Crippen LogP contribution < -0.4 is 0 Å². The Morgan fingerprint density at radius 2 is 1.04 bits per heavy atom. The molecule has 0 radical (unpaired) electrons. The van der Waals surface area contributed by atoms with E-state index in [1.54, 1.807) is 25.3 Å². The van der Waals surface area contributed by atoms with Crippen LogP contribution in [0, 0.1) is 0 Å². The number of methoxy groups -OCH3 is 2. The van der Waals surface area contributed by atoms with Gasteiger partial charge in [0.15, 0.2) is 0 Å². The van der Waals surface area contributed by atoms with E-state index in [9.17, 15) is 0 Å². The Balaban J connectivity index is 1.80. The highest BCUT2D eigenvalue weighted by Crippen LogP contribution is 2.37. The van der Waals surface area contributed by atoms with Crippen LogP contribution in [-0.4, -0.2) is 27.4 Å². The second kappa shape index (κ2) is 13.5. The molecule has 0 fully saturated rings. The molecule has 0 aliphatic rings. The van der Waals surface area contributed by atoms with Gasteiger partial charge >= 0.3 is 0 Å². The van der Waals surface area contributed by atoms with Gasteiger partial charge in [0.05, 0.1) is 0 Å². The highest BCUT2D eigenvalue weighted by Gasteiger charge is 2.12. The van der Waals surface area contributed by atoms with Crippen LogP contribution in [0.1, 0.15) is 62.5 Å². The molecule has 0 amide bonds. The average Bonchev–Trinajstić information content (AvgIpc) is 3.29. The summed E-state index contributed by atoms with van der Waals surface area (Å²) in [6.07, 6.45) is 12.5. The van der Waals surface area contributed by atoms with Crippen LogP contribution in [0.4, 0.5) is 0 Å². The molecule has 0 aromatic carbocycles. The standard InChI is InChI=1S/C22H34O2S2/c1-23-15-9-5-3-7-11-19-13-17-25-21(19)22-20(14-18-26-22)12-8-4-6-10-16-24-2/h13-14,17-18H,3-12,15-16H2,1-2H3. The summed E-state index contributed by atoms with van der Waals surface area (Å²) < 4.78 is 10.3. The minimum Gasteiger partial charge on any atom is -0.385 e. The molecule has 2 heterocycles. The fraction of sp³-hybridized carbons (Fsp3) is 0.636. The van der Waals surface area contributed by atoms with Crippen LogP contribution in [0.3, 0.4) is 0 Å². The number of hydrogen-bond donors (Lipinski definition) is 0. The lowest BCUT2D eigenvalue weighted by Gasteiger charge is -2.07. The van der Waals surface area contributed by atoms with E-state index >= 15 is 0 Å². The van der Waals surface area contributed by atoms with Gasteiger partial charge in [0.25, 0.3) is 0 Å². The fourth-order valence-corrected chi connectivity index (χ4v) is 5.44. The molecule has 0 unspecified atom stereocenters. The fourth-order valence-electron chi connectivity index (χ4n) is 3.29. The molecule has 0 bridgehead atoms. The first-order valence-electron chi connectivity index (χ1n) is 9.97. The molecular weight excluding hydrogens is 360 g/mol. The second-order valence-corrected chi connectivity index (χ2v) is 8.70. The Labute approximate surface area is 167 Å². The minimum absolute atomic E-state index is 0.897. The van der Waals surface area contributed by atoms with E-state index in [-0.39, 0.29) is 0 Å². The summed E-state index contributed by atoms with van der Waals surface area (Å²) in [5.74, 6) is 0. The normalized spacial score (nSPS) is 11.3. The van der Waals surface area contributed by atoms with E-state index in [0.717, 1.165) is 13.2 Å². The third-order valence-corrected chi connectivity index (χ3v) is 6.87. The van der Waals surface area contributed by atoms with Crippen molar-refractivity contribution in [2.24, 2.45) is 0 Å². The molecule has 2 nitrogen and oxygen atoms in total. The van der Waals surface area contributed by atoms with Gasteiger partial charge in [-0.15, -0.1) is 22.7 Å². The molecule has 0 saturated heterocycles. The van der Waals surface area contributed by atoms with Crippen molar-refractivity contribution in [3.8, 4) is 9.75 Å². The second-order valence-electron chi connectivity index (χ2n) is 6.86. The maximum absolute atomic E-state index is 5.13. The van der Waals surface area contributed by atoms with Crippen molar-refractivity contribution >= 4 is 22.7 Å². The Morgan fingerprint density at radius 1 is 0.615 bits per heavy atom. The summed E-state index contributed by atoms with van der Waals surface area (Å²) >= 11 is 3.84. The topological polar surface area (TPSA) is 18.5 Å². The smallest absolute Gasteiger partial charge is 0.0477 e. The first-order valence-corrected chi connectivity index (χ1v) is 11.7. The summed E-state index contributed by atoms with van der Waals surface area (Å²) in [4.78, 5) is 3.04. The number of ether oxygens (including phenoxy) is 2. The van der Waals surface area contributed by atoms with E-state index < -0.39 is 0 Å². The quantitative estimate of drug-likeness (QED) is 0.303. The van der Waals surface area contributed by atoms with Gasteiger partial charge in [-0.05, 0) is 72.5 Å². The number of thiophene rings is 2. The monoisotopic (exact) mass is 394 g/mol. The lowest BCUT2D eigenvalue weighted by atomic mass is 10.0. The molecule has 2 rings (SSSR count). The predicted molar refractivity (Wildman–Crippen MR) is 116 cm³/mol. The van der Waals surface area contributed by atoms with E-state index in [2.05, 4.69) is 22.9 Å². The van der Waals surface area contributed by atoms with E-state index in [1.165, 1.54) is 74.0 Å². The van der Waals surface area contributed by atoms with Crippen molar-refractivity contribution in [1.82, 2.24) is 0 Å². The molecule has 0 saturated carbocycles. The first-order chi connectivity index (χ1) is 12.9. The summed E-state index contributed by atoms with van der Waals surface area (Å²) in [7, 11) is 3.58. The van der Waals surface area contributed by atoms with E-state index in [4.69, 9.17) is 9.47 Å². The van der Waals surface area contributed by atoms with Crippen LogP contribution in [0.25, 0.3) is 9.75 Å². The third kappa shape index (κ3) is 7.51. The highest BCUT2D eigenvalue weighted by atomic mass is 32.1. The molecule has 2 aromatic rings. The van der Waals surface area contributed by atoms with Crippen molar-refractivity contribution in [3.63, 3.8) is 0 Å². The number of aryl methyl sites for hydroxylation is 2. The van der Waals surface area contributed by atoms with Gasteiger partial charge in [-0.1, -0.05) is 25.7 Å². The molecular formula is C22H34O2S2.